The number of fused-ring (bicyclic) bond motifs is 1. The van der Waals surface area contributed by atoms with E-state index in [4.69, 9.17) is 16.3 Å². The van der Waals surface area contributed by atoms with Crippen molar-refractivity contribution in [3.05, 3.63) is 53.6 Å². The molecule has 2 heterocycles. The van der Waals surface area contributed by atoms with Gasteiger partial charge in [0.15, 0.2) is 15.0 Å². The average Bonchev–Trinajstić information content (AvgIpc) is 3.20. The van der Waals surface area contributed by atoms with E-state index in [2.05, 4.69) is 10.3 Å². The van der Waals surface area contributed by atoms with Crippen LogP contribution in [0.25, 0.3) is 0 Å². The maximum Gasteiger partial charge on any atom is 0.244 e. The van der Waals surface area contributed by atoms with Crippen LogP contribution in [0.4, 0.5) is 11.4 Å². The summed E-state index contributed by atoms with van der Waals surface area (Å²) in [7, 11) is -3.05. The first-order valence-electron chi connectivity index (χ1n) is 9.83. The summed E-state index contributed by atoms with van der Waals surface area (Å²) in [4.78, 5) is 19.3. The lowest BCUT2D eigenvalue weighted by atomic mass is 10.2. The summed E-state index contributed by atoms with van der Waals surface area (Å²) in [6, 6.07) is 14.1. The molecule has 0 aliphatic carbocycles. The second-order valence-electron chi connectivity index (χ2n) is 7.28. The van der Waals surface area contributed by atoms with Crippen molar-refractivity contribution in [3.8, 4) is 5.75 Å². The molecule has 10 heteroatoms. The van der Waals surface area contributed by atoms with Crippen molar-refractivity contribution in [2.75, 3.05) is 34.9 Å². The number of anilines is 2. The van der Waals surface area contributed by atoms with Crippen molar-refractivity contribution in [2.24, 2.45) is 4.99 Å². The fraction of sp³-hybridized carbons (Fsp3) is 0.333. The van der Waals surface area contributed by atoms with Crippen LogP contribution in [0.5, 0.6) is 5.75 Å². The summed E-state index contributed by atoms with van der Waals surface area (Å²) in [5.41, 5.74) is 1.38. The van der Waals surface area contributed by atoms with Gasteiger partial charge in [-0.15, -0.1) is 0 Å². The molecular weight excluding hydrogens is 458 g/mol. The standard InChI is InChI=1S/C21H22ClN3O4S2/c1-2-29-17-8-6-16(7-9-17)25(11-20(26)23-15-5-3-4-14(22)10-15)21-24-18-12-31(27,28)13-19(18)30-21/h3-10,18-19H,2,11-13H2,1H3,(H,23,26)/t18-,19-/m1/s1. The Hall–Kier alpha value is -2.23. The minimum atomic E-state index is -3.05. The number of thioether (sulfide) groups is 1. The third-order valence-corrected chi connectivity index (χ3v) is 8.39. The Bertz CT molecular complexity index is 1110. The molecule has 0 radical (unpaired) electrons. The number of aliphatic imine (C=N–C) groups is 1. The lowest BCUT2D eigenvalue weighted by Gasteiger charge is -2.24. The number of hydrogen-bond acceptors (Lipinski definition) is 7. The van der Waals surface area contributed by atoms with Gasteiger partial charge >= 0.3 is 0 Å². The van der Waals surface area contributed by atoms with Crippen LogP contribution in [0.1, 0.15) is 6.92 Å². The molecule has 0 saturated carbocycles. The smallest absolute Gasteiger partial charge is 0.244 e. The van der Waals surface area contributed by atoms with E-state index in [1.165, 1.54) is 11.8 Å². The summed E-state index contributed by atoms with van der Waals surface area (Å²) in [6.45, 7) is 2.50. The molecule has 164 valence electrons. The fourth-order valence-electron chi connectivity index (χ4n) is 3.54. The zero-order chi connectivity index (χ0) is 22.0. The van der Waals surface area contributed by atoms with Gasteiger partial charge in [-0.2, -0.15) is 0 Å². The van der Waals surface area contributed by atoms with E-state index < -0.39 is 9.84 Å². The van der Waals surface area contributed by atoms with Crippen LogP contribution >= 0.6 is 23.4 Å². The molecule has 2 aliphatic rings. The molecule has 1 saturated heterocycles. The molecule has 2 aromatic rings. The van der Waals surface area contributed by atoms with Gasteiger partial charge in [-0.25, -0.2) is 8.42 Å². The number of amidine groups is 1. The highest BCUT2D eigenvalue weighted by molar-refractivity contribution is 8.15. The number of sulfone groups is 1. The second kappa shape index (κ2) is 9.10. The number of amides is 1. The minimum absolute atomic E-state index is 0.0263. The van der Waals surface area contributed by atoms with E-state index >= 15 is 0 Å². The van der Waals surface area contributed by atoms with E-state index in [0.717, 1.165) is 11.4 Å². The summed E-state index contributed by atoms with van der Waals surface area (Å²) in [5, 5.41) is 3.92. The first-order chi connectivity index (χ1) is 14.8. The van der Waals surface area contributed by atoms with Gasteiger partial charge in [0.2, 0.25) is 5.91 Å². The average molecular weight is 480 g/mol. The fourth-order valence-corrected chi connectivity index (χ4v) is 7.51. The van der Waals surface area contributed by atoms with Gasteiger partial charge in [0, 0.05) is 21.6 Å². The van der Waals surface area contributed by atoms with Gasteiger partial charge in [0.25, 0.3) is 0 Å². The van der Waals surface area contributed by atoms with Crippen molar-refractivity contribution in [3.63, 3.8) is 0 Å². The number of ether oxygens (including phenoxy) is 1. The summed E-state index contributed by atoms with van der Waals surface area (Å²) < 4.78 is 29.3. The van der Waals surface area contributed by atoms with Gasteiger partial charge in [-0.3, -0.25) is 9.79 Å². The normalized spacial score (nSPS) is 21.3. The van der Waals surface area contributed by atoms with Crippen molar-refractivity contribution in [1.82, 2.24) is 0 Å². The summed E-state index contributed by atoms with van der Waals surface area (Å²) in [5.74, 6) is 0.670. The Labute approximate surface area is 190 Å². The number of nitrogens with zero attached hydrogens (tertiary/aromatic N) is 2. The minimum Gasteiger partial charge on any atom is -0.494 e. The lowest BCUT2D eigenvalue weighted by Crippen LogP contribution is -2.36. The van der Waals surface area contributed by atoms with Crippen LogP contribution in [-0.2, 0) is 14.6 Å². The highest BCUT2D eigenvalue weighted by atomic mass is 35.5. The molecule has 0 unspecified atom stereocenters. The molecule has 0 bridgehead atoms. The van der Waals surface area contributed by atoms with Crippen molar-refractivity contribution in [2.45, 2.75) is 18.2 Å². The number of carbonyl (C=O) groups excluding carboxylic acids is 1. The number of benzene rings is 2. The predicted octanol–water partition coefficient (Wildman–Crippen LogP) is 3.45. The zero-order valence-electron chi connectivity index (χ0n) is 16.8. The van der Waals surface area contributed by atoms with Crippen LogP contribution in [0.3, 0.4) is 0 Å². The lowest BCUT2D eigenvalue weighted by molar-refractivity contribution is -0.114. The summed E-state index contributed by atoms with van der Waals surface area (Å²) in [6.07, 6.45) is 0. The Kier molecular flexibility index (Phi) is 6.45. The molecule has 1 amide bonds. The summed E-state index contributed by atoms with van der Waals surface area (Å²) >= 11 is 7.42. The molecule has 0 aromatic heterocycles. The quantitative estimate of drug-likeness (QED) is 0.682. The topological polar surface area (TPSA) is 88.1 Å². The van der Waals surface area contributed by atoms with Crippen LogP contribution in [0, 0.1) is 0 Å². The number of nitrogens with one attached hydrogen (secondary N) is 1. The SMILES string of the molecule is CCOc1ccc(N(CC(=O)Nc2cccc(Cl)c2)C2=N[C@@H]3CS(=O)(=O)C[C@H]3S2)cc1. The molecule has 2 atom stereocenters. The van der Waals surface area contributed by atoms with Gasteiger partial charge in [0.05, 0.1) is 24.2 Å². The number of hydrogen-bond donors (Lipinski definition) is 1. The van der Waals surface area contributed by atoms with Crippen LogP contribution < -0.4 is 15.0 Å². The molecule has 2 aromatic carbocycles. The predicted molar refractivity (Wildman–Crippen MR) is 126 cm³/mol. The largest absolute Gasteiger partial charge is 0.494 e. The third-order valence-electron chi connectivity index (χ3n) is 4.91. The Balaban J connectivity index is 1.56. The molecule has 1 fully saturated rings. The first kappa shape index (κ1) is 22.0. The maximum atomic E-state index is 12.8. The molecule has 1 N–H and O–H groups in total. The molecule has 31 heavy (non-hydrogen) atoms. The zero-order valence-corrected chi connectivity index (χ0v) is 19.2. The molecule has 4 rings (SSSR count). The maximum absolute atomic E-state index is 12.8. The van der Waals surface area contributed by atoms with Crippen molar-refractivity contribution >= 4 is 55.6 Å². The van der Waals surface area contributed by atoms with Crippen LogP contribution in [-0.4, -0.2) is 55.4 Å². The van der Waals surface area contributed by atoms with E-state index in [0.29, 0.717) is 22.5 Å². The third kappa shape index (κ3) is 5.34. The van der Waals surface area contributed by atoms with E-state index in [-0.39, 0.29) is 35.2 Å². The van der Waals surface area contributed by atoms with E-state index in [1.807, 2.05) is 36.1 Å². The molecular formula is C21H22ClN3O4S2. The van der Waals surface area contributed by atoms with Crippen molar-refractivity contribution in [1.29, 1.82) is 0 Å². The van der Waals surface area contributed by atoms with Gasteiger partial charge < -0.3 is 15.0 Å². The molecule has 2 aliphatic heterocycles. The number of rotatable bonds is 6. The van der Waals surface area contributed by atoms with Crippen LogP contribution in [0.15, 0.2) is 53.5 Å². The highest BCUT2D eigenvalue weighted by Crippen LogP contribution is 2.37. The number of halogens is 1. The first-order valence-corrected chi connectivity index (χ1v) is 12.9. The number of carbonyl (C=O) groups is 1. The van der Waals surface area contributed by atoms with Crippen LogP contribution in [0.2, 0.25) is 5.02 Å². The second-order valence-corrected chi connectivity index (χ2v) is 11.1. The van der Waals surface area contributed by atoms with Gasteiger partial charge in [0.1, 0.15) is 12.3 Å². The molecule has 7 nitrogen and oxygen atoms in total. The Morgan fingerprint density at radius 1 is 1.26 bits per heavy atom. The monoisotopic (exact) mass is 479 g/mol. The van der Waals surface area contributed by atoms with Gasteiger partial charge in [-0.1, -0.05) is 29.4 Å². The highest BCUT2D eigenvalue weighted by Gasteiger charge is 2.44. The van der Waals surface area contributed by atoms with Gasteiger partial charge in [-0.05, 0) is 49.4 Å². The van der Waals surface area contributed by atoms with E-state index in [1.54, 1.807) is 24.3 Å². The Morgan fingerprint density at radius 3 is 2.71 bits per heavy atom. The van der Waals surface area contributed by atoms with Crippen molar-refractivity contribution < 1.29 is 17.9 Å². The van der Waals surface area contributed by atoms with E-state index in [9.17, 15) is 13.2 Å². The Morgan fingerprint density at radius 2 is 2.03 bits per heavy atom. The molecule has 0 spiro atoms.